The Balaban J connectivity index is 1.54. The van der Waals surface area contributed by atoms with Crippen LogP contribution < -0.4 is 9.47 Å². The molecule has 1 saturated heterocycles. The molecule has 0 aliphatic carbocycles. The summed E-state index contributed by atoms with van der Waals surface area (Å²) in [5, 5.41) is 29.3. The Kier molecular flexibility index (Phi) is 6.09. The molecule has 0 radical (unpaired) electrons. The van der Waals surface area contributed by atoms with Crippen LogP contribution in [0.25, 0.3) is 11.2 Å². The lowest BCUT2D eigenvalue weighted by atomic mass is 10.1. The van der Waals surface area contributed by atoms with Gasteiger partial charge in [-0.2, -0.15) is 9.97 Å². The van der Waals surface area contributed by atoms with Crippen LogP contribution in [0.2, 0.25) is 5.28 Å². The maximum absolute atomic E-state index is 12.3. The van der Waals surface area contributed by atoms with E-state index in [0.717, 1.165) is 12.1 Å². The number of hydrogen-bond donors (Lipinski definition) is 3. The third-order valence-electron chi connectivity index (χ3n) is 4.69. The van der Waals surface area contributed by atoms with Crippen molar-refractivity contribution < 1.29 is 42.7 Å². The van der Waals surface area contributed by atoms with E-state index in [1.54, 1.807) is 0 Å². The average molecular weight is 477 g/mol. The van der Waals surface area contributed by atoms with Crippen molar-refractivity contribution in [3.63, 3.8) is 0 Å². The van der Waals surface area contributed by atoms with Gasteiger partial charge in [0.15, 0.2) is 17.4 Å². The van der Waals surface area contributed by atoms with Gasteiger partial charge in [-0.15, -0.1) is 13.2 Å². The number of aliphatic hydroxyl groups is 3. The summed E-state index contributed by atoms with van der Waals surface area (Å²) in [6, 6.07) is 5.06. The molecule has 0 unspecified atom stereocenters. The summed E-state index contributed by atoms with van der Waals surface area (Å²) < 4.78 is 53.0. The van der Waals surface area contributed by atoms with Crippen LogP contribution in [0.5, 0.6) is 11.6 Å². The molecular formula is C18H16ClF3N4O6. The molecule has 0 spiro atoms. The lowest BCUT2D eigenvalue weighted by Gasteiger charge is -2.16. The van der Waals surface area contributed by atoms with E-state index in [9.17, 15) is 28.5 Å². The molecule has 0 amide bonds. The number of aliphatic hydroxyl groups excluding tert-OH is 3. The Morgan fingerprint density at radius 3 is 2.47 bits per heavy atom. The van der Waals surface area contributed by atoms with Crippen LogP contribution in [0.4, 0.5) is 13.2 Å². The zero-order valence-electron chi connectivity index (χ0n) is 16.0. The Labute approximate surface area is 182 Å². The van der Waals surface area contributed by atoms with E-state index in [2.05, 4.69) is 19.7 Å². The van der Waals surface area contributed by atoms with E-state index in [1.165, 1.54) is 23.0 Å². The van der Waals surface area contributed by atoms with E-state index in [-0.39, 0.29) is 34.7 Å². The van der Waals surface area contributed by atoms with E-state index in [4.69, 9.17) is 21.1 Å². The largest absolute Gasteiger partial charge is 0.573 e. The van der Waals surface area contributed by atoms with Crippen molar-refractivity contribution >= 4 is 22.8 Å². The van der Waals surface area contributed by atoms with E-state index >= 15 is 0 Å². The fraction of sp³-hybridized carbons (Fsp3) is 0.389. The van der Waals surface area contributed by atoms with Gasteiger partial charge in [-0.1, -0.05) is 12.1 Å². The summed E-state index contributed by atoms with van der Waals surface area (Å²) in [6.45, 7) is -0.576. The van der Waals surface area contributed by atoms with Crippen LogP contribution in [0, 0.1) is 0 Å². The molecule has 3 aromatic rings. The Bertz CT molecular complexity index is 1100. The van der Waals surface area contributed by atoms with Crippen molar-refractivity contribution in [3.8, 4) is 11.6 Å². The summed E-state index contributed by atoms with van der Waals surface area (Å²) >= 11 is 5.99. The number of nitrogens with zero attached hydrogens (tertiary/aromatic N) is 4. The fourth-order valence-electron chi connectivity index (χ4n) is 3.20. The smallest absolute Gasteiger partial charge is 0.471 e. The van der Waals surface area contributed by atoms with E-state index < -0.39 is 37.5 Å². The van der Waals surface area contributed by atoms with Gasteiger partial charge in [-0.05, 0) is 29.3 Å². The maximum Gasteiger partial charge on any atom is 0.573 e. The maximum atomic E-state index is 12.3. The monoisotopic (exact) mass is 476 g/mol. The normalized spacial score (nSPS) is 23.6. The molecule has 172 valence electrons. The highest BCUT2D eigenvalue weighted by Gasteiger charge is 2.44. The minimum absolute atomic E-state index is 0.0129. The summed E-state index contributed by atoms with van der Waals surface area (Å²) in [5.74, 6) is -0.382. The number of aromatic nitrogens is 4. The number of ether oxygens (including phenoxy) is 3. The number of rotatable bonds is 6. The topological polar surface area (TPSA) is 132 Å². The summed E-state index contributed by atoms with van der Waals surface area (Å²) in [4.78, 5) is 12.2. The van der Waals surface area contributed by atoms with Crippen molar-refractivity contribution in [1.82, 2.24) is 19.5 Å². The molecule has 1 fully saturated rings. The first-order chi connectivity index (χ1) is 15.2. The molecule has 2 aromatic heterocycles. The van der Waals surface area contributed by atoms with Crippen molar-refractivity contribution in [3.05, 3.63) is 41.4 Å². The van der Waals surface area contributed by atoms with Gasteiger partial charge < -0.3 is 29.5 Å². The number of benzene rings is 1. The van der Waals surface area contributed by atoms with Gasteiger partial charge in [-0.25, -0.2) is 4.98 Å². The van der Waals surface area contributed by atoms with Crippen molar-refractivity contribution in [2.45, 2.75) is 37.5 Å². The average Bonchev–Trinajstić information content (AvgIpc) is 3.27. The van der Waals surface area contributed by atoms with Gasteiger partial charge in [-0.3, -0.25) is 4.57 Å². The number of halogens is 4. The molecule has 0 bridgehead atoms. The Hall–Kier alpha value is -2.71. The van der Waals surface area contributed by atoms with Gasteiger partial charge in [0, 0.05) is 0 Å². The molecule has 4 rings (SSSR count). The van der Waals surface area contributed by atoms with Crippen molar-refractivity contribution in [2.24, 2.45) is 0 Å². The molecule has 1 aliphatic heterocycles. The predicted molar refractivity (Wildman–Crippen MR) is 101 cm³/mol. The molecule has 3 N–H and O–H groups in total. The number of imidazole rings is 1. The van der Waals surface area contributed by atoms with Crippen LogP contribution in [0.3, 0.4) is 0 Å². The van der Waals surface area contributed by atoms with Crippen LogP contribution in [-0.2, 0) is 11.3 Å². The van der Waals surface area contributed by atoms with Gasteiger partial charge in [0.2, 0.25) is 11.2 Å². The molecule has 1 aromatic carbocycles. The van der Waals surface area contributed by atoms with Crippen LogP contribution in [0.15, 0.2) is 30.6 Å². The molecule has 14 heteroatoms. The zero-order valence-corrected chi connectivity index (χ0v) is 16.7. The molecule has 3 heterocycles. The summed E-state index contributed by atoms with van der Waals surface area (Å²) in [7, 11) is 0. The first-order valence-corrected chi connectivity index (χ1v) is 9.54. The molecule has 1 aliphatic rings. The molecular weight excluding hydrogens is 461 g/mol. The summed E-state index contributed by atoms with van der Waals surface area (Å²) in [5.41, 5.74) is 0.832. The molecule has 4 atom stereocenters. The first-order valence-electron chi connectivity index (χ1n) is 9.16. The second kappa shape index (κ2) is 8.67. The van der Waals surface area contributed by atoms with Gasteiger partial charge in [0.1, 0.15) is 30.7 Å². The first kappa shape index (κ1) is 22.5. The number of fused-ring (bicyclic) bond motifs is 1. The highest BCUT2D eigenvalue weighted by molar-refractivity contribution is 6.28. The van der Waals surface area contributed by atoms with Crippen LogP contribution >= 0.6 is 11.6 Å². The standard InChI is InChI=1S/C18H16ClF3N4O6/c19-17-24-14-11(23-7-26(14)16-13(29)12(28)10(5-27)31-16)15(25-17)30-6-8-1-3-9(4-2-8)32-18(20,21)22/h1-4,7,10,12-13,16,27-29H,5-6H2/t10-,12-,13-,16-/m1/s1. The molecule has 0 saturated carbocycles. The van der Waals surface area contributed by atoms with E-state index in [1.807, 2.05) is 0 Å². The zero-order chi connectivity index (χ0) is 23.0. The fourth-order valence-corrected chi connectivity index (χ4v) is 3.36. The summed E-state index contributed by atoms with van der Waals surface area (Å²) in [6.07, 6.45) is -8.27. The number of hydrogen-bond acceptors (Lipinski definition) is 9. The third-order valence-corrected chi connectivity index (χ3v) is 4.85. The minimum atomic E-state index is -4.79. The lowest BCUT2D eigenvalue weighted by molar-refractivity contribution is -0.274. The quantitative estimate of drug-likeness (QED) is 0.453. The Morgan fingerprint density at radius 2 is 1.84 bits per heavy atom. The second-order valence-corrected chi connectivity index (χ2v) is 7.17. The van der Waals surface area contributed by atoms with Crippen molar-refractivity contribution in [2.75, 3.05) is 6.61 Å². The van der Waals surface area contributed by atoms with Gasteiger partial charge in [0.25, 0.3) is 0 Å². The molecule has 32 heavy (non-hydrogen) atoms. The van der Waals surface area contributed by atoms with Gasteiger partial charge >= 0.3 is 6.36 Å². The Morgan fingerprint density at radius 1 is 1.12 bits per heavy atom. The van der Waals surface area contributed by atoms with Crippen molar-refractivity contribution in [1.29, 1.82) is 0 Å². The van der Waals surface area contributed by atoms with Crippen LogP contribution in [-0.4, -0.2) is 66.1 Å². The predicted octanol–water partition coefficient (Wildman–Crippen LogP) is 1.57. The van der Waals surface area contributed by atoms with Gasteiger partial charge in [0.05, 0.1) is 12.9 Å². The SMILES string of the molecule is OC[C@H]1O[C@@H](n2cnc3c(OCc4ccc(OC(F)(F)F)cc4)nc(Cl)nc32)[C@H](O)[C@@H]1O. The lowest BCUT2D eigenvalue weighted by Crippen LogP contribution is -2.33. The van der Waals surface area contributed by atoms with E-state index in [0.29, 0.717) is 5.56 Å². The second-order valence-electron chi connectivity index (χ2n) is 6.83. The minimum Gasteiger partial charge on any atom is -0.471 e. The van der Waals surface area contributed by atoms with Crippen LogP contribution in [0.1, 0.15) is 11.8 Å². The number of alkyl halides is 3. The highest BCUT2D eigenvalue weighted by Crippen LogP contribution is 2.33. The highest BCUT2D eigenvalue weighted by atomic mass is 35.5. The molecule has 10 nitrogen and oxygen atoms in total. The third kappa shape index (κ3) is 4.56.